The number of amidine groups is 1. The molecule has 4 rings (SSSR count). The number of carbonyl (C=O) groups is 1. The quantitative estimate of drug-likeness (QED) is 0.621. The van der Waals surface area contributed by atoms with Gasteiger partial charge in [-0.1, -0.05) is 18.2 Å². The molecular weight excluding hydrogens is 354 g/mol. The van der Waals surface area contributed by atoms with Crippen molar-refractivity contribution in [3.63, 3.8) is 0 Å². The van der Waals surface area contributed by atoms with E-state index in [4.69, 9.17) is 4.42 Å². The van der Waals surface area contributed by atoms with Crippen LogP contribution in [-0.4, -0.2) is 16.1 Å². The van der Waals surface area contributed by atoms with Gasteiger partial charge in [0.2, 0.25) is 5.13 Å². The second kappa shape index (κ2) is 6.70. The summed E-state index contributed by atoms with van der Waals surface area (Å²) in [7, 11) is 0. The molecule has 1 aliphatic heterocycles. The van der Waals surface area contributed by atoms with Crippen molar-refractivity contribution < 1.29 is 9.21 Å². The fraction of sp³-hybridized carbons (Fsp3) is 0.0556. The van der Waals surface area contributed by atoms with Gasteiger partial charge in [-0.25, -0.2) is 4.98 Å². The SMILES string of the molecule is Cc1ccc(/C=C2/S/C(=N/c3nccs3)N(c3ccccc3)C2=O)o1. The zero-order valence-electron chi connectivity index (χ0n) is 13.2. The van der Waals surface area contributed by atoms with E-state index in [1.54, 1.807) is 17.2 Å². The Morgan fingerprint density at radius 1 is 1.20 bits per heavy atom. The fourth-order valence-corrected chi connectivity index (χ4v) is 3.89. The maximum Gasteiger partial charge on any atom is 0.271 e. The highest BCUT2D eigenvalue weighted by atomic mass is 32.2. The Balaban J connectivity index is 1.76. The van der Waals surface area contributed by atoms with Crippen LogP contribution in [0.5, 0.6) is 0 Å². The molecule has 1 aromatic carbocycles. The molecule has 3 aromatic rings. The number of amides is 1. The van der Waals surface area contributed by atoms with Crippen molar-refractivity contribution in [2.45, 2.75) is 6.92 Å². The summed E-state index contributed by atoms with van der Waals surface area (Å²) in [4.78, 5) is 23.9. The van der Waals surface area contributed by atoms with Gasteiger partial charge in [-0.05, 0) is 43.0 Å². The van der Waals surface area contributed by atoms with Gasteiger partial charge in [-0.15, -0.1) is 11.3 Å². The number of aromatic nitrogens is 1. The van der Waals surface area contributed by atoms with Gasteiger partial charge >= 0.3 is 0 Å². The molecule has 1 amide bonds. The van der Waals surface area contributed by atoms with Crippen LogP contribution < -0.4 is 4.90 Å². The number of furan rings is 1. The molecule has 25 heavy (non-hydrogen) atoms. The lowest BCUT2D eigenvalue weighted by Crippen LogP contribution is -2.28. The van der Waals surface area contributed by atoms with Crippen molar-refractivity contribution >= 4 is 51.1 Å². The van der Waals surface area contributed by atoms with E-state index in [-0.39, 0.29) is 5.91 Å². The number of thioether (sulfide) groups is 1. The average molecular weight is 367 g/mol. The first-order chi connectivity index (χ1) is 12.2. The molecule has 124 valence electrons. The van der Waals surface area contributed by atoms with Crippen LogP contribution in [0, 0.1) is 6.92 Å². The van der Waals surface area contributed by atoms with E-state index in [0.29, 0.717) is 21.0 Å². The molecule has 1 aliphatic rings. The summed E-state index contributed by atoms with van der Waals surface area (Å²) in [6, 6.07) is 13.2. The first-order valence-corrected chi connectivity index (χ1v) is 9.24. The van der Waals surface area contributed by atoms with Crippen molar-refractivity contribution in [3.05, 3.63) is 70.5 Å². The van der Waals surface area contributed by atoms with E-state index in [1.807, 2.05) is 54.8 Å². The molecule has 0 bridgehead atoms. The summed E-state index contributed by atoms with van der Waals surface area (Å²) < 4.78 is 5.57. The predicted molar refractivity (Wildman–Crippen MR) is 102 cm³/mol. The molecule has 0 saturated carbocycles. The summed E-state index contributed by atoms with van der Waals surface area (Å²) in [6.45, 7) is 1.87. The van der Waals surface area contributed by atoms with Crippen LogP contribution in [0.1, 0.15) is 11.5 Å². The Hall–Kier alpha value is -2.64. The molecule has 1 saturated heterocycles. The summed E-state index contributed by atoms with van der Waals surface area (Å²) >= 11 is 2.75. The summed E-state index contributed by atoms with van der Waals surface area (Å²) in [5.41, 5.74) is 0.773. The van der Waals surface area contributed by atoms with Crippen molar-refractivity contribution in [1.82, 2.24) is 4.98 Å². The molecule has 0 radical (unpaired) electrons. The number of aliphatic imine (C=N–C) groups is 1. The Morgan fingerprint density at radius 3 is 2.72 bits per heavy atom. The van der Waals surface area contributed by atoms with Crippen LogP contribution >= 0.6 is 23.1 Å². The minimum Gasteiger partial charge on any atom is -0.462 e. The highest BCUT2D eigenvalue weighted by Gasteiger charge is 2.35. The second-order valence-corrected chi connectivity index (χ2v) is 7.13. The minimum atomic E-state index is -0.124. The maximum absolute atomic E-state index is 13.0. The van der Waals surface area contributed by atoms with E-state index < -0.39 is 0 Å². The number of rotatable bonds is 3. The summed E-state index contributed by atoms with van der Waals surface area (Å²) in [6.07, 6.45) is 3.45. The summed E-state index contributed by atoms with van der Waals surface area (Å²) in [5, 5.41) is 3.06. The van der Waals surface area contributed by atoms with E-state index in [1.165, 1.54) is 23.1 Å². The molecule has 0 aliphatic carbocycles. The number of carbonyl (C=O) groups excluding carboxylic acids is 1. The van der Waals surface area contributed by atoms with Crippen molar-refractivity contribution in [3.8, 4) is 0 Å². The zero-order valence-corrected chi connectivity index (χ0v) is 14.9. The number of aryl methyl sites for hydroxylation is 1. The maximum atomic E-state index is 13.0. The lowest BCUT2D eigenvalue weighted by molar-refractivity contribution is -0.113. The van der Waals surface area contributed by atoms with E-state index in [2.05, 4.69) is 9.98 Å². The molecule has 0 unspecified atom stereocenters. The molecule has 0 atom stereocenters. The molecule has 3 heterocycles. The number of hydrogen-bond donors (Lipinski definition) is 0. The van der Waals surface area contributed by atoms with E-state index in [9.17, 15) is 4.79 Å². The Morgan fingerprint density at radius 2 is 2.04 bits per heavy atom. The molecule has 7 heteroatoms. The van der Waals surface area contributed by atoms with E-state index in [0.717, 1.165) is 11.4 Å². The first-order valence-electron chi connectivity index (χ1n) is 7.54. The molecular formula is C18H13N3O2S2. The molecule has 2 aromatic heterocycles. The Kier molecular flexibility index (Phi) is 4.25. The zero-order chi connectivity index (χ0) is 17.2. The van der Waals surface area contributed by atoms with Gasteiger partial charge in [0.15, 0.2) is 5.17 Å². The van der Waals surface area contributed by atoms with Crippen molar-refractivity contribution in [1.29, 1.82) is 0 Å². The van der Waals surface area contributed by atoms with Crippen LogP contribution in [0.15, 0.2) is 68.4 Å². The first kappa shape index (κ1) is 15.9. The van der Waals surface area contributed by atoms with Crippen LogP contribution in [0.25, 0.3) is 6.08 Å². The molecule has 5 nitrogen and oxygen atoms in total. The lowest BCUT2D eigenvalue weighted by Gasteiger charge is -2.14. The van der Waals surface area contributed by atoms with Gasteiger partial charge in [-0.2, -0.15) is 4.99 Å². The number of thiazole rings is 1. The number of anilines is 1. The number of para-hydroxylation sites is 1. The normalized spacial score (nSPS) is 17.8. The monoisotopic (exact) mass is 367 g/mol. The number of hydrogen-bond acceptors (Lipinski definition) is 6. The van der Waals surface area contributed by atoms with E-state index >= 15 is 0 Å². The smallest absolute Gasteiger partial charge is 0.271 e. The third-order valence-corrected chi connectivity index (χ3v) is 5.10. The molecule has 0 N–H and O–H groups in total. The highest BCUT2D eigenvalue weighted by Crippen LogP contribution is 2.37. The van der Waals surface area contributed by atoms with Gasteiger partial charge in [0.1, 0.15) is 11.5 Å². The van der Waals surface area contributed by atoms with Gasteiger partial charge in [0, 0.05) is 17.7 Å². The van der Waals surface area contributed by atoms with Gasteiger partial charge in [0.25, 0.3) is 5.91 Å². The summed E-state index contributed by atoms with van der Waals surface area (Å²) in [5.74, 6) is 1.33. The third-order valence-electron chi connectivity index (χ3n) is 3.47. The van der Waals surface area contributed by atoms with Gasteiger partial charge < -0.3 is 4.42 Å². The van der Waals surface area contributed by atoms with Gasteiger partial charge in [-0.3, -0.25) is 9.69 Å². The van der Waals surface area contributed by atoms with Gasteiger partial charge in [0.05, 0.1) is 10.6 Å². The third kappa shape index (κ3) is 3.29. The topological polar surface area (TPSA) is 58.7 Å². The standard InChI is InChI=1S/C18H13N3O2S2/c1-12-7-8-14(23-12)11-15-16(22)21(13-5-3-2-4-6-13)18(25-15)20-17-19-9-10-24-17/h2-11H,1H3/b15-11+,20-18+. The highest BCUT2D eigenvalue weighted by molar-refractivity contribution is 8.19. The largest absolute Gasteiger partial charge is 0.462 e. The fourth-order valence-electron chi connectivity index (χ4n) is 2.37. The number of benzene rings is 1. The van der Waals surface area contributed by atoms with Crippen LogP contribution in [0.3, 0.4) is 0 Å². The van der Waals surface area contributed by atoms with Crippen LogP contribution in [0.4, 0.5) is 10.8 Å². The Labute approximate surface area is 152 Å². The second-order valence-electron chi connectivity index (χ2n) is 5.24. The average Bonchev–Trinajstić information content (AvgIpc) is 3.32. The number of nitrogens with zero attached hydrogens (tertiary/aromatic N) is 3. The van der Waals surface area contributed by atoms with Crippen LogP contribution in [0.2, 0.25) is 0 Å². The molecule has 1 fully saturated rings. The minimum absolute atomic E-state index is 0.124. The predicted octanol–water partition coefficient (Wildman–Crippen LogP) is 4.85. The van der Waals surface area contributed by atoms with Crippen molar-refractivity contribution in [2.24, 2.45) is 4.99 Å². The Bertz CT molecular complexity index is 959. The molecule has 0 spiro atoms. The lowest BCUT2D eigenvalue weighted by atomic mass is 10.3. The van der Waals surface area contributed by atoms with Crippen LogP contribution in [-0.2, 0) is 4.79 Å². The van der Waals surface area contributed by atoms with Crippen molar-refractivity contribution in [2.75, 3.05) is 4.90 Å².